The van der Waals surface area contributed by atoms with Gasteiger partial charge in [-0.25, -0.2) is 0 Å². The molecule has 20 heavy (non-hydrogen) atoms. The number of halogens is 1. The largest absolute Gasteiger partial charge is 0.368 e. The fourth-order valence-corrected chi connectivity index (χ4v) is 2.74. The Morgan fingerprint density at radius 1 is 1.40 bits per heavy atom. The summed E-state index contributed by atoms with van der Waals surface area (Å²) in [6, 6.07) is 4.54. The average Bonchev–Trinajstić information content (AvgIpc) is 2.96. The van der Waals surface area contributed by atoms with Gasteiger partial charge in [0.15, 0.2) is 5.82 Å². The predicted octanol–water partition coefficient (Wildman–Crippen LogP) is 3.08. The number of rotatable bonds is 7. The second-order valence-corrected chi connectivity index (χ2v) is 5.73. The maximum Gasteiger partial charge on any atom is 0.227 e. The highest BCUT2D eigenvalue weighted by Crippen LogP contribution is 2.15. The van der Waals surface area contributed by atoms with Crippen LogP contribution < -0.4 is 11.1 Å². The summed E-state index contributed by atoms with van der Waals surface area (Å²) in [4.78, 5) is 13.7. The number of anilines is 2. The Balaban J connectivity index is 1.96. The first-order valence-electron chi connectivity index (χ1n) is 6.56. The van der Waals surface area contributed by atoms with Crippen LogP contribution in [-0.2, 0) is 12.3 Å². The minimum atomic E-state index is 0.200. The Labute approximate surface area is 127 Å². The summed E-state index contributed by atoms with van der Waals surface area (Å²) in [7, 11) is 0. The molecular formula is C13H18ClN5S. The molecule has 2 heterocycles. The van der Waals surface area contributed by atoms with Crippen LogP contribution >= 0.6 is 22.9 Å². The predicted molar refractivity (Wildman–Crippen MR) is 84.1 cm³/mol. The summed E-state index contributed by atoms with van der Waals surface area (Å²) >= 11 is 7.52. The zero-order valence-corrected chi connectivity index (χ0v) is 12.9. The van der Waals surface area contributed by atoms with Crippen LogP contribution in [0.1, 0.15) is 30.5 Å². The Hall–Kier alpha value is -1.40. The number of nitrogen functional groups attached to an aromatic ring is 1. The van der Waals surface area contributed by atoms with Crippen molar-refractivity contribution in [1.82, 2.24) is 15.0 Å². The number of nitrogens with two attached hydrogens (primary N) is 1. The van der Waals surface area contributed by atoms with Gasteiger partial charge in [0, 0.05) is 10.9 Å². The first-order chi connectivity index (χ1) is 9.71. The van der Waals surface area contributed by atoms with Crippen LogP contribution in [0, 0.1) is 0 Å². The molecule has 2 aromatic rings. The topological polar surface area (TPSA) is 76.7 Å². The van der Waals surface area contributed by atoms with E-state index in [0.29, 0.717) is 17.8 Å². The third kappa shape index (κ3) is 4.31. The van der Waals surface area contributed by atoms with Gasteiger partial charge in [0.05, 0.1) is 5.88 Å². The van der Waals surface area contributed by atoms with Crippen molar-refractivity contribution in [1.29, 1.82) is 0 Å². The summed E-state index contributed by atoms with van der Waals surface area (Å²) in [5, 5.41) is 5.41. The van der Waals surface area contributed by atoms with Gasteiger partial charge in [0.1, 0.15) is 0 Å². The maximum absolute atomic E-state index is 5.74. The van der Waals surface area contributed by atoms with Gasteiger partial charge in [-0.05, 0) is 30.7 Å². The van der Waals surface area contributed by atoms with E-state index in [1.54, 1.807) is 11.3 Å². The Kier molecular flexibility index (Phi) is 5.55. The van der Waals surface area contributed by atoms with Crippen molar-refractivity contribution in [3.05, 3.63) is 28.2 Å². The molecule has 0 amide bonds. The lowest BCUT2D eigenvalue weighted by atomic mass is 10.1. The maximum atomic E-state index is 5.74. The second kappa shape index (κ2) is 7.40. The van der Waals surface area contributed by atoms with Crippen LogP contribution in [0.15, 0.2) is 17.5 Å². The van der Waals surface area contributed by atoms with Crippen molar-refractivity contribution in [3.63, 3.8) is 0 Å². The Morgan fingerprint density at radius 2 is 2.25 bits per heavy atom. The molecule has 0 bridgehead atoms. The molecule has 0 saturated carbocycles. The lowest BCUT2D eigenvalue weighted by Crippen LogP contribution is -2.21. The fraction of sp³-hybridized carbons (Fsp3) is 0.462. The van der Waals surface area contributed by atoms with E-state index in [2.05, 4.69) is 44.7 Å². The molecule has 0 fully saturated rings. The van der Waals surface area contributed by atoms with E-state index < -0.39 is 0 Å². The number of nitrogens with zero attached hydrogens (tertiary/aromatic N) is 3. The molecule has 0 aliphatic carbocycles. The molecule has 7 heteroatoms. The van der Waals surface area contributed by atoms with Gasteiger partial charge >= 0.3 is 0 Å². The summed E-state index contributed by atoms with van der Waals surface area (Å²) in [5.41, 5.74) is 5.64. The van der Waals surface area contributed by atoms with Crippen molar-refractivity contribution < 1.29 is 0 Å². The van der Waals surface area contributed by atoms with Gasteiger partial charge in [-0.2, -0.15) is 15.0 Å². The van der Waals surface area contributed by atoms with Crippen molar-refractivity contribution in [3.8, 4) is 0 Å². The molecular weight excluding hydrogens is 294 g/mol. The minimum absolute atomic E-state index is 0.200. The zero-order valence-electron chi connectivity index (χ0n) is 11.3. The number of hydrogen-bond donors (Lipinski definition) is 2. The van der Waals surface area contributed by atoms with Crippen LogP contribution in [-0.4, -0.2) is 21.0 Å². The summed E-state index contributed by atoms with van der Waals surface area (Å²) in [5.74, 6) is 1.43. The zero-order chi connectivity index (χ0) is 14.4. The van der Waals surface area contributed by atoms with E-state index in [9.17, 15) is 0 Å². The Bertz CT molecular complexity index is 532. The van der Waals surface area contributed by atoms with E-state index in [4.69, 9.17) is 17.3 Å². The monoisotopic (exact) mass is 311 g/mol. The van der Waals surface area contributed by atoms with Crippen molar-refractivity contribution >= 4 is 34.8 Å². The molecule has 2 aromatic heterocycles. The summed E-state index contributed by atoms with van der Waals surface area (Å²) in [6.07, 6.45) is 3.07. The van der Waals surface area contributed by atoms with E-state index in [-0.39, 0.29) is 11.8 Å². The van der Waals surface area contributed by atoms with Crippen molar-refractivity contribution in [2.75, 3.05) is 11.1 Å². The van der Waals surface area contributed by atoms with Gasteiger partial charge in [-0.15, -0.1) is 22.9 Å². The molecule has 0 aliphatic rings. The molecule has 2 rings (SSSR count). The highest BCUT2D eigenvalue weighted by atomic mass is 35.5. The molecule has 1 atom stereocenters. The van der Waals surface area contributed by atoms with E-state index in [1.807, 2.05) is 0 Å². The van der Waals surface area contributed by atoms with E-state index in [0.717, 1.165) is 19.3 Å². The molecule has 0 radical (unpaired) electrons. The SMILES string of the molecule is CCC(CCc1cccs1)Nc1nc(N)nc(CCl)n1. The molecule has 0 spiro atoms. The number of alkyl halides is 1. The minimum Gasteiger partial charge on any atom is -0.368 e. The van der Waals surface area contributed by atoms with Gasteiger partial charge in [-0.1, -0.05) is 13.0 Å². The number of aryl methyl sites for hydroxylation is 1. The molecule has 0 aliphatic heterocycles. The standard InChI is InChI=1S/C13H18ClN5S/c1-2-9(5-6-10-4-3-7-20-10)16-13-18-11(8-14)17-12(15)19-13/h3-4,7,9H,2,5-6,8H2,1H3,(H3,15,16,17,18,19). The number of nitrogens with one attached hydrogen (secondary N) is 1. The third-order valence-electron chi connectivity index (χ3n) is 2.96. The van der Waals surface area contributed by atoms with E-state index in [1.165, 1.54) is 4.88 Å². The molecule has 0 aromatic carbocycles. The number of thiophene rings is 1. The molecule has 1 unspecified atom stereocenters. The van der Waals surface area contributed by atoms with Gasteiger partial charge in [0.2, 0.25) is 11.9 Å². The van der Waals surface area contributed by atoms with Crippen molar-refractivity contribution in [2.24, 2.45) is 0 Å². The average molecular weight is 312 g/mol. The lowest BCUT2D eigenvalue weighted by Gasteiger charge is -2.16. The van der Waals surface area contributed by atoms with Gasteiger partial charge < -0.3 is 11.1 Å². The van der Waals surface area contributed by atoms with E-state index >= 15 is 0 Å². The highest BCUT2D eigenvalue weighted by molar-refractivity contribution is 7.09. The van der Waals surface area contributed by atoms with Crippen LogP contribution in [0.2, 0.25) is 0 Å². The smallest absolute Gasteiger partial charge is 0.227 e. The number of hydrogen-bond acceptors (Lipinski definition) is 6. The number of aromatic nitrogens is 3. The van der Waals surface area contributed by atoms with Crippen LogP contribution in [0.4, 0.5) is 11.9 Å². The summed E-state index contributed by atoms with van der Waals surface area (Å²) < 4.78 is 0. The van der Waals surface area contributed by atoms with Crippen LogP contribution in [0.5, 0.6) is 0 Å². The third-order valence-corrected chi connectivity index (χ3v) is 4.14. The summed E-state index contributed by atoms with van der Waals surface area (Å²) in [6.45, 7) is 2.14. The van der Waals surface area contributed by atoms with Crippen molar-refractivity contribution in [2.45, 2.75) is 38.1 Å². The quantitative estimate of drug-likeness (QED) is 0.768. The molecule has 5 nitrogen and oxygen atoms in total. The first kappa shape index (κ1) is 15.0. The van der Waals surface area contributed by atoms with Gasteiger partial charge in [-0.3, -0.25) is 0 Å². The fourth-order valence-electron chi connectivity index (χ4n) is 1.89. The lowest BCUT2D eigenvalue weighted by molar-refractivity contribution is 0.630. The first-order valence-corrected chi connectivity index (χ1v) is 7.98. The van der Waals surface area contributed by atoms with Crippen LogP contribution in [0.25, 0.3) is 0 Å². The Morgan fingerprint density at radius 3 is 2.90 bits per heavy atom. The normalized spacial score (nSPS) is 12.3. The van der Waals surface area contributed by atoms with Gasteiger partial charge in [0.25, 0.3) is 0 Å². The molecule has 108 valence electrons. The molecule has 0 saturated heterocycles. The van der Waals surface area contributed by atoms with Crippen LogP contribution in [0.3, 0.4) is 0 Å². The molecule has 3 N–H and O–H groups in total. The highest BCUT2D eigenvalue weighted by Gasteiger charge is 2.10. The second-order valence-electron chi connectivity index (χ2n) is 4.43.